The van der Waals surface area contributed by atoms with Crippen LogP contribution in [-0.4, -0.2) is 23.3 Å². The molecule has 2 aromatic carbocycles. The molecule has 0 spiro atoms. The van der Waals surface area contributed by atoms with E-state index in [0.29, 0.717) is 34.2 Å². The summed E-state index contributed by atoms with van der Waals surface area (Å²) in [5.74, 6) is 0.490. The van der Waals surface area contributed by atoms with Crippen LogP contribution >= 0.6 is 0 Å². The Bertz CT molecular complexity index is 1350. The maximum absolute atomic E-state index is 13.8. The van der Waals surface area contributed by atoms with Gasteiger partial charge in [0.1, 0.15) is 5.92 Å². The van der Waals surface area contributed by atoms with E-state index in [2.05, 4.69) is 43.2 Å². The summed E-state index contributed by atoms with van der Waals surface area (Å²) in [4.78, 5) is 31.1. The molecule has 6 rings (SSSR count). The minimum absolute atomic E-state index is 0.0143. The van der Waals surface area contributed by atoms with E-state index in [-0.39, 0.29) is 17.0 Å². The van der Waals surface area contributed by atoms with Crippen molar-refractivity contribution in [3.8, 4) is 5.75 Å². The molecule has 0 aromatic heterocycles. The van der Waals surface area contributed by atoms with E-state index in [9.17, 15) is 9.59 Å². The first-order chi connectivity index (χ1) is 16.8. The SMILES string of the molecule is CC(C)(C)c1ccc2c(c1)OC1=CC(NC3CCCCC3)=C3C(=O)c4ccccc4C(=O)C3C1=[NH+]2. The number of hydrogen-bond acceptors (Lipinski definition) is 4. The van der Waals surface area contributed by atoms with E-state index in [1.54, 1.807) is 12.1 Å². The summed E-state index contributed by atoms with van der Waals surface area (Å²) >= 11 is 0. The van der Waals surface area contributed by atoms with Crippen LogP contribution in [0.1, 0.15) is 79.2 Å². The van der Waals surface area contributed by atoms with E-state index in [4.69, 9.17) is 4.74 Å². The number of nitrogens with one attached hydrogen (secondary N) is 2. The number of allylic oxidation sites excluding steroid dienone is 3. The van der Waals surface area contributed by atoms with Crippen LogP contribution in [0.4, 0.5) is 5.69 Å². The average Bonchev–Trinajstić information content (AvgIpc) is 2.85. The van der Waals surface area contributed by atoms with Crippen LogP contribution < -0.4 is 15.0 Å². The van der Waals surface area contributed by atoms with Crippen LogP contribution in [0.15, 0.2) is 65.6 Å². The molecule has 0 bridgehead atoms. The molecular weight excluding hydrogens is 436 g/mol. The summed E-state index contributed by atoms with van der Waals surface area (Å²) in [6.45, 7) is 6.52. The van der Waals surface area contributed by atoms with Gasteiger partial charge in [-0.2, -0.15) is 0 Å². The Morgan fingerprint density at radius 2 is 1.71 bits per heavy atom. The summed E-state index contributed by atoms with van der Waals surface area (Å²) in [6, 6.07) is 13.6. The molecule has 3 aliphatic carbocycles. The monoisotopic (exact) mass is 467 g/mol. The van der Waals surface area contributed by atoms with Crippen molar-refractivity contribution in [2.24, 2.45) is 5.92 Å². The second kappa shape index (κ2) is 8.04. The molecule has 1 aliphatic heterocycles. The van der Waals surface area contributed by atoms with E-state index >= 15 is 0 Å². The second-order valence-corrected chi connectivity index (χ2v) is 11.1. The fourth-order valence-corrected chi connectivity index (χ4v) is 5.69. The summed E-state index contributed by atoms with van der Waals surface area (Å²) in [5.41, 5.74) is 4.84. The zero-order chi connectivity index (χ0) is 24.3. The van der Waals surface area contributed by atoms with Crippen molar-refractivity contribution in [1.82, 2.24) is 5.32 Å². The third-order valence-corrected chi connectivity index (χ3v) is 7.65. The maximum Gasteiger partial charge on any atom is 0.246 e. The molecule has 1 heterocycles. The van der Waals surface area contributed by atoms with Gasteiger partial charge in [0, 0.05) is 40.6 Å². The summed E-state index contributed by atoms with van der Waals surface area (Å²) < 4.78 is 6.44. The average molecular weight is 468 g/mol. The van der Waals surface area contributed by atoms with Crippen molar-refractivity contribution >= 4 is 23.0 Å². The van der Waals surface area contributed by atoms with Gasteiger partial charge < -0.3 is 10.1 Å². The zero-order valence-electron chi connectivity index (χ0n) is 20.5. The van der Waals surface area contributed by atoms with Crippen molar-refractivity contribution in [1.29, 1.82) is 0 Å². The van der Waals surface area contributed by atoms with Gasteiger partial charge in [-0.25, -0.2) is 4.99 Å². The standard InChI is InChI=1S/C30H30N2O3/c1-30(2,3)17-13-14-21-23(15-17)35-24-16-22(31-18-9-5-4-6-10-18)25-26(27(24)32-21)29(34)20-12-8-7-11-19(20)28(25)33/h7-8,11-16,18,26,31H,4-6,9-10H2,1-3H3/p+1. The quantitative estimate of drug-likeness (QED) is 0.691. The van der Waals surface area contributed by atoms with Crippen LogP contribution in [0.2, 0.25) is 0 Å². The first kappa shape index (κ1) is 22.0. The molecular formula is C30H31N2O3+. The molecule has 0 radical (unpaired) electrons. The molecule has 178 valence electrons. The first-order valence-electron chi connectivity index (χ1n) is 12.7. The predicted molar refractivity (Wildman–Crippen MR) is 135 cm³/mol. The lowest BCUT2D eigenvalue weighted by atomic mass is 9.72. The Morgan fingerprint density at radius 3 is 2.46 bits per heavy atom. The van der Waals surface area contributed by atoms with Crippen LogP contribution in [-0.2, 0) is 5.41 Å². The summed E-state index contributed by atoms with van der Waals surface area (Å²) in [7, 11) is 0. The molecule has 1 fully saturated rings. The lowest BCUT2D eigenvalue weighted by molar-refractivity contribution is -0.361. The van der Waals surface area contributed by atoms with Crippen LogP contribution in [0.3, 0.4) is 0 Å². The Kier molecular flexibility index (Phi) is 5.06. The predicted octanol–water partition coefficient (Wildman–Crippen LogP) is 4.30. The van der Waals surface area contributed by atoms with Crippen LogP contribution in [0, 0.1) is 5.92 Å². The highest BCUT2D eigenvalue weighted by Crippen LogP contribution is 2.40. The molecule has 1 saturated carbocycles. The number of ether oxygens (including phenoxy) is 1. The van der Waals surface area contributed by atoms with Crippen molar-refractivity contribution in [2.75, 3.05) is 0 Å². The molecule has 2 N–H and O–H groups in total. The Labute approximate surface area is 206 Å². The van der Waals surface area contributed by atoms with Crippen molar-refractivity contribution in [2.45, 2.75) is 64.3 Å². The van der Waals surface area contributed by atoms with Gasteiger partial charge in [0.15, 0.2) is 23.1 Å². The second-order valence-electron chi connectivity index (χ2n) is 11.1. The molecule has 5 heteroatoms. The lowest BCUT2D eigenvalue weighted by Gasteiger charge is -2.33. The van der Waals surface area contributed by atoms with Crippen molar-refractivity contribution < 1.29 is 19.3 Å². The third-order valence-electron chi connectivity index (χ3n) is 7.65. The molecule has 0 amide bonds. The number of Topliss-reactive ketones (excluding diaryl/α,β-unsaturated/α-hetero) is 2. The summed E-state index contributed by atoms with van der Waals surface area (Å²) in [6.07, 6.45) is 7.65. The van der Waals surface area contributed by atoms with Gasteiger partial charge >= 0.3 is 0 Å². The van der Waals surface area contributed by atoms with Crippen LogP contribution in [0.25, 0.3) is 0 Å². The fraction of sp³-hybridized carbons (Fsp3) is 0.367. The van der Waals surface area contributed by atoms with Gasteiger partial charge in [0.25, 0.3) is 0 Å². The summed E-state index contributed by atoms with van der Waals surface area (Å²) in [5, 5.41) is 3.64. The van der Waals surface area contributed by atoms with Gasteiger partial charge in [-0.15, -0.1) is 0 Å². The number of carbonyl (C=O) groups excluding carboxylic acids is 2. The smallest absolute Gasteiger partial charge is 0.246 e. The topological polar surface area (TPSA) is 69.4 Å². The van der Waals surface area contributed by atoms with Gasteiger partial charge in [-0.1, -0.05) is 70.4 Å². The fourth-order valence-electron chi connectivity index (χ4n) is 5.69. The number of carbonyl (C=O) groups is 2. The number of rotatable bonds is 2. The van der Waals surface area contributed by atoms with Crippen molar-refractivity contribution in [3.63, 3.8) is 0 Å². The van der Waals surface area contributed by atoms with Gasteiger partial charge in [-0.3, -0.25) is 9.59 Å². The zero-order valence-corrected chi connectivity index (χ0v) is 20.5. The molecule has 4 aliphatic rings. The first-order valence-corrected chi connectivity index (χ1v) is 12.7. The number of ketones is 2. The van der Waals surface area contributed by atoms with E-state index < -0.39 is 5.92 Å². The molecule has 35 heavy (non-hydrogen) atoms. The highest BCUT2D eigenvalue weighted by Gasteiger charge is 2.49. The van der Waals surface area contributed by atoms with Crippen molar-refractivity contribution in [3.05, 3.63) is 82.3 Å². The van der Waals surface area contributed by atoms with E-state index in [1.165, 1.54) is 24.8 Å². The van der Waals surface area contributed by atoms with Crippen LogP contribution in [0.5, 0.6) is 5.75 Å². The normalized spacial score (nSPS) is 21.7. The number of benzene rings is 2. The molecule has 5 nitrogen and oxygen atoms in total. The van der Waals surface area contributed by atoms with Gasteiger partial charge in [-0.05, 0) is 29.9 Å². The molecule has 1 atom stereocenters. The maximum atomic E-state index is 13.8. The molecule has 2 aromatic rings. The Morgan fingerprint density at radius 1 is 0.971 bits per heavy atom. The van der Waals surface area contributed by atoms with Gasteiger partial charge in [0.2, 0.25) is 11.4 Å². The Hall–Kier alpha value is -3.47. The van der Waals surface area contributed by atoms with Gasteiger partial charge in [0.05, 0.1) is 0 Å². The third kappa shape index (κ3) is 3.65. The largest absolute Gasteiger partial charge is 0.444 e. The highest BCUT2D eigenvalue weighted by atomic mass is 16.5. The Balaban J connectivity index is 1.50. The lowest BCUT2D eigenvalue weighted by Crippen LogP contribution is -2.72. The number of fused-ring (bicyclic) bond motifs is 5. The van der Waals surface area contributed by atoms with E-state index in [1.807, 2.05) is 24.3 Å². The minimum Gasteiger partial charge on any atom is -0.444 e. The highest BCUT2D eigenvalue weighted by molar-refractivity contribution is 6.32. The molecule has 0 saturated heterocycles. The minimum atomic E-state index is -0.709. The van der Waals surface area contributed by atoms with E-state index in [0.717, 1.165) is 30.0 Å². The number of hydrogen-bond donors (Lipinski definition) is 2. The molecule has 1 unspecified atom stereocenters.